The number of aromatic carboxylic acids is 1. The summed E-state index contributed by atoms with van der Waals surface area (Å²) in [5, 5.41) is 9.07. The van der Waals surface area contributed by atoms with Crippen molar-refractivity contribution in [3.05, 3.63) is 71.8 Å². The molecule has 0 aliphatic rings. The molecule has 0 aliphatic heterocycles. The van der Waals surface area contributed by atoms with Crippen molar-refractivity contribution in [1.29, 1.82) is 0 Å². The second-order valence-corrected chi connectivity index (χ2v) is 4.99. The van der Waals surface area contributed by atoms with Gasteiger partial charge in [-0.1, -0.05) is 54.6 Å². The maximum absolute atomic E-state index is 11.0. The first-order valence-electron chi connectivity index (χ1n) is 5.94. The summed E-state index contributed by atoms with van der Waals surface area (Å²) in [6.45, 7) is 0. The van der Waals surface area contributed by atoms with Crippen LogP contribution in [0, 0.1) is 0 Å². The number of carboxylic acids is 1. The lowest BCUT2D eigenvalue weighted by molar-refractivity contribution is 0.0693. The number of carbonyl (C=O) groups is 1. The Morgan fingerprint density at radius 3 is 2.47 bits per heavy atom. The minimum Gasteiger partial charge on any atom is -0.478 e. The van der Waals surface area contributed by atoms with Crippen LogP contribution in [0.4, 0.5) is 0 Å². The summed E-state index contributed by atoms with van der Waals surface area (Å²) in [5.74, 6) is -0.130. The maximum Gasteiger partial charge on any atom is 0.336 e. The predicted octanol–water partition coefficient (Wildman–Crippen LogP) is 4.19. The van der Waals surface area contributed by atoms with Gasteiger partial charge < -0.3 is 5.11 Å². The van der Waals surface area contributed by atoms with Gasteiger partial charge in [0.25, 0.3) is 0 Å². The van der Waals surface area contributed by atoms with Crippen molar-refractivity contribution in [3.63, 3.8) is 0 Å². The minimum atomic E-state index is -0.880. The Balaban J connectivity index is 1.96. The van der Waals surface area contributed by atoms with Gasteiger partial charge in [-0.05, 0) is 17.7 Å². The van der Waals surface area contributed by atoms with Crippen molar-refractivity contribution in [2.24, 2.45) is 0 Å². The smallest absolute Gasteiger partial charge is 0.336 e. The average Bonchev–Trinajstić information content (AvgIpc) is 2.45. The zero-order valence-electron chi connectivity index (χ0n) is 10.3. The van der Waals surface area contributed by atoms with E-state index in [1.165, 1.54) is 11.8 Å². The van der Waals surface area contributed by atoms with Gasteiger partial charge in [0.2, 0.25) is 0 Å². The number of hydrogen-bond acceptors (Lipinski definition) is 2. The topological polar surface area (TPSA) is 37.3 Å². The van der Waals surface area contributed by atoms with Crippen molar-refractivity contribution in [2.75, 3.05) is 5.75 Å². The third kappa shape index (κ3) is 4.00. The van der Waals surface area contributed by atoms with Gasteiger partial charge in [0.1, 0.15) is 0 Å². The first-order chi connectivity index (χ1) is 9.27. The first-order valence-corrected chi connectivity index (χ1v) is 6.92. The van der Waals surface area contributed by atoms with Gasteiger partial charge in [0.15, 0.2) is 0 Å². The molecule has 0 spiro atoms. The van der Waals surface area contributed by atoms with Crippen LogP contribution < -0.4 is 0 Å². The molecule has 0 aliphatic carbocycles. The quantitative estimate of drug-likeness (QED) is 0.828. The summed E-state index contributed by atoms with van der Waals surface area (Å²) in [6, 6.07) is 17.1. The zero-order valence-corrected chi connectivity index (χ0v) is 11.1. The Kier molecular flexibility index (Phi) is 4.81. The SMILES string of the molecule is O=C(O)c1ccccc1SC/C=C/c1ccccc1. The van der Waals surface area contributed by atoms with E-state index in [1.807, 2.05) is 54.6 Å². The summed E-state index contributed by atoms with van der Waals surface area (Å²) in [7, 11) is 0. The fourth-order valence-electron chi connectivity index (χ4n) is 1.66. The summed E-state index contributed by atoms with van der Waals surface area (Å²) < 4.78 is 0. The highest BCUT2D eigenvalue weighted by atomic mass is 32.2. The molecule has 96 valence electrons. The molecule has 0 fully saturated rings. The van der Waals surface area contributed by atoms with Gasteiger partial charge in [0, 0.05) is 10.6 Å². The normalized spacial score (nSPS) is 10.7. The molecule has 0 saturated carbocycles. The Morgan fingerprint density at radius 2 is 1.74 bits per heavy atom. The van der Waals surface area contributed by atoms with Crippen LogP contribution in [-0.2, 0) is 0 Å². The molecule has 2 rings (SSSR count). The number of thioether (sulfide) groups is 1. The third-order valence-electron chi connectivity index (χ3n) is 2.56. The van der Waals surface area contributed by atoms with Gasteiger partial charge in [0.05, 0.1) is 5.56 Å². The second kappa shape index (κ2) is 6.81. The van der Waals surface area contributed by atoms with Crippen LogP contribution in [-0.4, -0.2) is 16.8 Å². The Bertz CT molecular complexity index is 576. The molecule has 0 saturated heterocycles. The first kappa shape index (κ1) is 13.4. The monoisotopic (exact) mass is 270 g/mol. The van der Waals surface area contributed by atoms with Gasteiger partial charge in [-0.15, -0.1) is 11.8 Å². The standard InChI is InChI=1S/C16H14O2S/c17-16(18)14-10-4-5-11-15(14)19-12-6-9-13-7-2-1-3-8-13/h1-11H,12H2,(H,17,18)/b9-6+. The second-order valence-electron chi connectivity index (χ2n) is 3.93. The van der Waals surface area contributed by atoms with Crippen LogP contribution in [0.1, 0.15) is 15.9 Å². The molecule has 19 heavy (non-hydrogen) atoms. The van der Waals surface area contributed by atoms with Crippen molar-refractivity contribution in [2.45, 2.75) is 4.90 Å². The molecule has 1 N–H and O–H groups in total. The molecule has 2 nitrogen and oxygen atoms in total. The molecule has 0 bridgehead atoms. The summed E-state index contributed by atoms with van der Waals surface area (Å²) >= 11 is 1.53. The Hall–Kier alpha value is -2.00. The summed E-state index contributed by atoms with van der Waals surface area (Å²) in [5.41, 5.74) is 1.51. The lowest BCUT2D eigenvalue weighted by atomic mass is 10.2. The van der Waals surface area contributed by atoms with Crippen molar-refractivity contribution in [3.8, 4) is 0 Å². The molecule has 2 aromatic carbocycles. The molecule has 0 radical (unpaired) electrons. The lowest BCUT2D eigenvalue weighted by Crippen LogP contribution is -1.98. The minimum absolute atomic E-state index is 0.362. The highest BCUT2D eigenvalue weighted by molar-refractivity contribution is 7.99. The van der Waals surface area contributed by atoms with Crippen molar-refractivity contribution >= 4 is 23.8 Å². The highest BCUT2D eigenvalue weighted by Crippen LogP contribution is 2.22. The van der Waals surface area contributed by atoms with Gasteiger partial charge in [-0.25, -0.2) is 4.79 Å². The maximum atomic E-state index is 11.0. The lowest BCUT2D eigenvalue weighted by Gasteiger charge is -2.03. The van der Waals surface area contributed by atoms with Crippen LogP contribution in [0.15, 0.2) is 65.6 Å². The average molecular weight is 270 g/mol. The molecule has 0 aromatic heterocycles. The van der Waals surface area contributed by atoms with Crippen LogP contribution in [0.2, 0.25) is 0 Å². The number of hydrogen-bond donors (Lipinski definition) is 1. The predicted molar refractivity (Wildman–Crippen MR) is 79.6 cm³/mol. The largest absolute Gasteiger partial charge is 0.478 e. The van der Waals surface area contributed by atoms with Crippen LogP contribution in [0.3, 0.4) is 0 Å². The molecule has 0 heterocycles. The molecule has 0 unspecified atom stereocenters. The van der Waals surface area contributed by atoms with Crippen molar-refractivity contribution < 1.29 is 9.90 Å². The van der Waals surface area contributed by atoms with Gasteiger partial charge in [-0.3, -0.25) is 0 Å². The molecule has 0 atom stereocenters. The molecule has 0 amide bonds. The van der Waals surface area contributed by atoms with Crippen molar-refractivity contribution in [1.82, 2.24) is 0 Å². The van der Waals surface area contributed by atoms with E-state index < -0.39 is 5.97 Å². The number of rotatable bonds is 5. The van der Waals surface area contributed by atoms with E-state index in [-0.39, 0.29) is 0 Å². The molecular weight excluding hydrogens is 256 g/mol. The van der Waals surface area contributed by atoms with E-state index >= 15 is 0 Å². The van der Waals surface area contributed by atoms with Gasteiger partial charge in [-0.2, -0.15) is 0 Å². The van der Waals surface area contributed by atoms with E-state index in [1.54, 1.807) is 12.1 Å². The Labute approximate surface area is 116 Å². The molecule has 2 aromatic rings. The fourth-order valence-corrected chi connectivity index (χ4v) is 2.51. The van der Waals surface area contributed by atoms with E-state index in [4.69, 9.17) is 5.11 Å². The zero-order chi connectivity index (χ0) is 13.5. The summed E-state index contributed by atoms with van der Waals surface area (Å²) in [6.07, 6.45) is 4.08. The van der Waals surface area contributed by atoms with Gasteiger partial charge >= 0.3 is 5.97 Å². The Morgan fingerprint density at radius 1 is 1.05 bits per heavy atom. The van der Waals surface area contributed by atoms with Crippen LogP contribution in [0.25, 0.3) is 6.08 Å². The van der Waals surface area contributed by atoms with Crippen LogP contribution >= 0.6 is 11.8 Å². The number of carboxylic acid groups (broad SMARTS) is 1. The van der Waals surface area contributed by atoms with E-state index in [9.17, 15) is 4.79 Å². The fraction of sp³-hybridized carbons (Fsp3) is 0.0625. The number of benzene rings is 2. The molecular formula is C16H14O2S. The molecule has 3 heteroatoms. The van der Waals surface area contributed by atoms with Crippen LogP contribution in [0.5, 0.6) is 0 Å². The third-order valence-corrected chi connectivity index (χ3v) is 3.59. The highest BCUT2D eigenvalue weighted by Gasteiger charge is 2.07. The van der Waals surface area contributed by atoms with E-state index in [2.05, 4.69) is 0 Å². The summed E-state index contributed by atoms with van der Waals surface area (Å²) in [4.78, 5) is 11.8. The van der Waals surface area contributed by atoms with E-state index in [0.29, 0.717) is 5.56 Å². The van der Waals surface area contributed by atoms with E-state index in [0.717, 1.165) is 16.2 Å².